The van der Waals surface area contributed by atoms with E-state index >= 15 is 0 Å². The predicted octanol–water partition coefficient (Wildman–Crippen LogP) is 7.88. The quantitative estimate of drug-likeness (QED) is 0.0281. The first-order valence-electron chi connectivity index (χ1n) is 17.3. The summed E-state index contributed by atoms with van der Waals surface area (Å²) in [5.41, 5.74) is 0. The Kier molecular flexibility index (Phi) is 30.0. The van der Waals surface area contributed by atoms with Gasteiger partial charge >= 0.3 is 19.8 Å². The summed E-state index contributed by atoms with van der Waals surface area (Å²) >= 11 is 0. The first-order valence-corrected chi connectivity index (χ1v) is 18.8. The number of unbranched alkanes of at least 4 members (excludes halogenated alkanes) is 14. The van der Waals surface area contributed by atoms with E-state index in [0.29, 0.717) is 12.8 Å². The van der Waals surface area contributed by atoms with Crippen LogP contribution in [-0.2, 0) is 32.7 Å². The van der Waals surface area contributed by atoms with Gasteiger partial charge in [0.1, 0.15) is 12.2 Å². The van der Waals surface area contributed by atoms with Crippen LogP contribution in [0.4, 0.5) is 0 Å². The number of carbonyl (C=O) groups excluding carboxylic acids is 2. The maximum atomic E-state index is 12.2. The van der Waals surface area contributed by atoms with Crippen molar-refractivity contribution in [3.8, 4) is 0 Å². The minimum Gasteiger partial charge on any atom is -0.457 e. The molecule has 0 aromatic carbocycles. The molecule has 0 amide bonds. The lowest BCUT2D eigenvalue weighted by atomic mass is 10.1. The first kappa shape index (κ1) is 43.5. The number of ether oxygens (including phenoxy) is 2. The molecule has 0 aromatic heterocycles. The Labute approximate surface area is 272 Å². The van der Waals surface area contributed by atoms with Gasteiger partial charge in [0.25, 0.3) is 0 Å². The molecule has 11 heteroatoms. The summed E-state index contributed by atoms with van der Waals surface area (Å²) in [7, 11) is -4.61. The molecule has 0 saturated heterocycles. The molecule has 10 nitrogen and oxygen atoms in total. The number of esters is 2. The third-order valence-corrected chi connectivity index (χ3v) is 8.12. The van der Waals surface area contributed by atoms with Gasteiger partial charge in [0.15, 0.2) is 0 Å². The van der Waals surface area contributed by atoms with E-state index in [9.17, 15) is 29.3 Å². The van der Waals surface area contributed by atoms with Gasteiger partial charge in [0, 0.05) is 12.8 Å². The number of phosphoric ester groups is 1. The van der Waals surface area contributed by atoms with Gasteiger partial charge in [-0.3, -0.25) is 18.6 Å². The fourth-order valence-corrected chi connectivity index (χ4v) is 5.22. The standard InChI is InChI=1S/C34H63O10P/c1-3-5-7-8-9-10-11-12-13-14-15-16-17-18-19-20-21-22-24-26-34(38)44-32(28-36)30-42-45(39,40)41-29-31(27-35)43-33(37)25-23-6-4-2/h9-10,12-13,31-32,35-36H,3-8,11,14-30H2,1-2H3,(H,39,40)/b10-9-,13-12-. The Hall–Kier alpha value is -1.55. The molecule has 0 aliphatic carbocycles. The molecule has 264 valence electrons. The van der Waals surface area contributed by atoms with Gasteiger partial charge in [0.2, 0.25) is 0 Å². The largest absolute Gasteiger partial charge is 0.472 e. The topological polar surface area (TPSA) is 149 Å². The van der Waals surface area contributed by atoms with Gasteiger partial charge < -0.3 is 24.6 Å². The highest BCUT2D eigenvalue weighted by Crippen LogP contribution is 2.43. The molecular formula is C34H63O10P. The van der Waals surface area contributed by atoms with Gasteiger partial charge in [-0.25, -0.2) is 4.57 Å². The molecule has 3 unspecified atom stereocenters. The van der Waals surface area contributed by atoms with E-state index in [1.807, 2.05) is 6.92 Å². The average Bonchev–Trinajstić information content (AvgIpc) is 3.02. The van der Waals surface area contributed by atoms with Gasteiger partial charge in [0.05, 0.1) is 26.4 Å². The second-order valence-corrected chi connectivity index (χ2v) is 13.0. The van der Waals surface area contributed by atoms with Crippen molar-refractivity contribution in [2.45, 2.75) is 154 Å². The van der Waals surface area contributed by atoms with Gasteiger partial charge in [-0.2, -0.15) is 0 Å². The molecule has 3 atom stereocenters. The highest BCUT2D eigenvalue weighted by Gasteiger charge is 2.27. The molecule has 0 aromatic rings. The number of carbonyl (C=O) groups is 2. The van der Waals surface area contributed by atoms with Crippen molar-refractivity contribution in [3.63, 3.8) is 0 Å². The molecule has 0 radical (unpaired) electrons. The first-order chi connectivity index (χ1) is 21.8. The van der Waals surface area contributed by atoms with Crippen molar-refractivity contribution in [2.24, 2.45) is 0 Å². The minimum absolute atomic E-state index is 0.178. The van der Waals surface area contributed by atoms with Gasteiger partial charge in [-0.1, -0.05) is 109 Å². The number of rotatable bonds is 32. The van der Waals surface area contributed by atoms with Crippen LogP contribution in [0.3, 0.4) is 0 Å². The molecule has 0 saturated carbocycles. The van der Waals surface area contributed by atoms with Crippen molar-refractivity contribution < 1.29 is 47.8 Å². The van der Waals surface area contributed by atoms with E-state index in [0.717, 1.165) is 44.9 Å². The molecule has 0 bridgehead atoms. The van der Waals surface area contributed by atoms with Crippen molar-refractivity contribution in [1.29, 1.82) is 0 Å². The number of hydrogen-bond acceptors (Lipinski definition) is 9. The molecule has 0 rings (SSSR count). The van der Waals surface area contributed by atoms with Crippen LogP contribution >= 0.6 is 7.82 Å². The Morgan fingerprint density at radius 1 is 0.600 bits per heavy atom. The number of hydrogen-bond donors (Lipinski definition) is 3. The fraction of sp³-hybridized carbons (Fsp3) is 0.824. The van der Waals surface area contributed by atoms with Crippen molar-refractivity contribution >= 4 is 19.8 Å². The lowest BCUT2D eigenvalue weighted by Crippen LogP contribution is -2.28. The Morgan fingerprint density at radius 2 is 0.978 bits per heavy atom. The van der Waals surface area contributed by atoms with E-state index in [1.165, 1.54) is 57.8 Å². The molecule has 0 heterocycles. The second kappa shape index (κ2) is 31.1. The molecule has 0 aliphatic heterocycles. The molecule has 0 fully saturated rings. The molecule has 0 aliphatic rings. The zero-order valence-electron chi connectivity index (χ0n) is 28.1. The maximum Gasteiger partial charge on any atom is 0.472 e. The SMILES string of the molecule is CCCCC/C=C\C/C=C\CCCCCCCCCCCC(=O)OC(CO)COP(=O)(O)OCC(CO)OC(=O)CCCCC. The zero-order valence-corrected chi connectivity index (χ0v) is 29.0. The maximum absolute atomic E-state index is 12.2. The summed E-state index contributed by atoms with van der Waals surface area (Å²) in [5.74, 6) is -1.05. The smallest absolute Gasteiger partial charge is 0.457 e. The monoisotopic (exact) mass is 662 g/mol. The number of phosphoric acid groups is 1. The third kappa shape index (κ3) is 29.6. The molecular weight excluding hydrogens is 599 g/mol. The minimum atomic E-state index is -4.61. The van der Waals surface area contributed by atoms with E-state index in [-0.39, 0.29) is 12.8 Å². The van der Waals surface area contributed by atoms with Crippen LogP contribution < -0.4 is 0 Å². The molecule has 0 spiro atoms. The highest BCUT2D eigenvalue weighted by atomic mass is 31.2. The lowest BCUT2D eigenvalue weighted by Gasteiger charge is -2.20. The summed E-state index contributed by atoms with van der Waals surface area (Å²) in [6, 6.07) is 0. The van der Waals surface area contributed by atoms with E-state index in [1.54, 1.807) is 0 Å². The average molecular weight is 663 g/mol. The highest BCUT2D eigenvalue weighted by molar-refractivity contribution is 7.47. The van der Waals surface area contributed by atoms with E-state index < -0.39 is 58.4 Å². The molecule has 3 N–H and O–H groups in total. The Morgan fingerprint density at radius 3 is 1.42 bits per heavy atom. The third-order valence-electron chi connectivity index (χ3n) is 7.17. The van der Waals surface area contributed by atoms with Crippen LogP contribution in [0.5, 0.6) is 0 Å². The summed E-state index contributed by atoms with van der Waals surface area (Å²) in [4.78, 5) is 33.8. The zero-order chi connectivity index (χ0) is 33.4. The van der Waals surface area contributed by atoms with E-state index in [4.69, 9.17) is 18.5 Å². The Balaban J connectivity index is 3.87. The van der Waals surface area contributed by atoms with Gasteiger partial charge in [-0.15, -0.1) is 0 Å². The van der Waals surface area contributed by atoms with Crippen LogP contribution in [0.2, 0.25) is 0 Å². The Bertz CT molecular complexity index is 817. The number of aliphatic hydroxyl groups excluding tert-OH is 2. The number of aliphatic hydroxyl groups is 2. The normalized spacial score (nSPS) is 14.5. The summed E-state index contributed by atoms with van der Waals surface area (Å²) in [5, 5.41) is 18.8. The van der Waals surface area contributed by atoms with Gasteiger partial charge in [-0.05, 0) is 44.9 Å². The molecule has 45 heavy (non-hydrogen) atoms. The lowest BCUT2D eigenvalue weighted by molar-refractivity contribution is -0.153. The van der Waals surface area contributed by atoms with E-state index in [2.05, 4.69) is 31.2 Å². The van der Waals surface area contributed by atoms with Crippen LogP contribution in [0.1, 0.15) is 142 Å². The van der Waals surface area contributed by atoms with Crippen molar-refractivity contribution in [2.75, 3.05) is 26.4 Å². The number of allylic oxidation sites excluding steroid dienone is 4. The van der Waals surface area contributed by atoms with Crippen molar-refractivity contribution in [3.05, 3.63) is 24.3 Å². The van der Waals surface area contributed by atoms with Crippen LogP contribution in [0, 0.1) is 0 Å². The van der Waals surface area contributed by atoms with Crippen molar-refractivity contribution in [1.82, 2.24) is 0 Å². The fourth-order valence-electron chi connectivity index (χ4n) is 4.44. The summed E-state index contributed by atoms with van der Waals surface area (Å²) in [6.45, 7) is 1.94. The summed E-state index contributed by atoms with van der Waals surface area (Å²) in [6.07, 6.45) is 26.9. The predicted molar refractivity (Wildman–Crippen MR) is 178 cm³/mol. The van der Waals surface area contributed by atoms with Crippen LogP contribution in [0.25, 0.3) is 0 Å². The second-order valence-electron chi connectivity index (χ2n) is 11.5. The summed E-state index contributed by atoms with van der Waals surface area (Å²) < 4.78 is 32.0. The van der Waals surface area contributed by atoms with Crippen LogP contribution in [-0.4, -0.2) is 65.7 Å². The van der Waals surface area contributed by atoms with Crippen LogP contribution in [0.15, 0.2) is 24.3 Å².